The van der Waals surface area contributed by atoms with Gasteiger partial charge < -0.3 is 25.2 Å². The molecule has 0 radical (unpaired) electrons. The van der Waals surface area contributed by atoms with E-state index in [0.29, 0.717) is 22.9 Å². The zero-order chi connectivity index (χ0) is 28.0. The number of hydrogen-bond donors (Lipinski definition) is 3. The average Bonchev–Trinajstić information content (AvgIpc) is 3.23. The molecule has 0 spiro atoms. The number of H-pyrrole nitrogens is 1. The SMILES string of the molecule is CN1CCCN(C(=O)c2ccc(Nc3cncc(-c4cc5cnccc5[nH]4)n3)nc2)CC1.O=C(O)C(F)(F)F. The molecule has 0 unspecified atom stereocenters. The van der Waals surface area contributed by atoms with E-state index in [2.05, 4.69) is 42.2 Å². The van der Waals surface area contributed by atoms with Crippen molar-refractivity contribution in [3.05, 3.63) is 60.8 Å². The molecule has 0 bridgehead atoms. The Kier molecular flexibility index (Phi) is 8.34. The summed E-state index contributed by atoms with van der Waals surface area (Å²) >= 11 is 0. The van der Waals surface area contributed by atoms with Crippen LogP contribution in [0.3, 0.4) is 0 Å². The zero-order valence-corrected chi connectivity index (χ0v) is 20.8. The lowest BCUT2D eigenvalue weighted by atomic mass is 10.2. The van der Waals surface area contributed by atoms with Crippen LogP contribution in [0.2, 0.25) is 0 Å². The van der Waals surface area contributed by atoms with Crippen LogP contribution in [0.25, 0.3) is 22.3 Å². The molecule has 0 aliphatic carbocycles. The van der Waals surface area contributed by atoms with Crippen molar-refractivity contribution in [2.45, 2.75) is 12.6 Å². The Morgan fingerprint density at radius 2 is 1.79 bits per heavy atom. The monoisotopic (exact) mass is 542 g/mol. The highest BCUT2D eigenvalue weighted by Crippen LogP contribution is 2.23. The maximum Gasteiger partial charge on any atom is 0.490 e. The molecule has 5 rings (SSSR count). The highest BCUT2D eigenvalue weighted by molar-refractivity contribution is 5.94. The number of hydrogen-bond acceptors (Lipinski definition) is 8. The first-order valence-electron chi connectivity index (χ1n) is 11.9. The van der Waals surface area contributed by atoms with E-state index in [0.717, 1.165) is 49.2 Å². The van der Waals surface area contributed by atoms with Crippen molar-refractivity contribution in [1.29, 1.82) is 0 Å². The Hall–Kier alpha value is -4.59. The van der Waals surface area contributed by atoms with Gasteiger partial charge in [-0.25, -0.2) is 14.8 Å². The Balaban J connectivity index is 0.000000448. The molecular weight excluding hydrogens is 517 g/mol. The second-order valence-electron chi connectivity index (χ2n) is 8.74. The predicted molar refractivity (Wildman–Crippen MR) is 136 cm³/mol. The molecule has 0 aromatic carbocycles. The molecule has 14 heteroatoms. The van der Waals surface area contributed by atoms with E-state index in [4.69, 9.17) is 9.90 Å². The molecule has 3 N–H and O–H groups in total. The number of nitrogens with one attached hydrogen (secondary N) is 2. The molecule has 4 aromatic rings. The summed E-state index contributed by atoms with van der Waals surface area (Å²) in [7, 11) is 2.09. The van der Waals surface area contributed by atoms with Crippen LogP contribution in [0, 0.1) is 0 Å². The van der Waals surface area contributed by atoms with Gasteiger partial charge in [0.05, 0.1) is 23.7 Å². The number of alkyl halides is 3. The highest BCUT2D eigenvalue weighted by atomic mass is 19.4. The summed E-state index contributed by atoms with van der Waals surface area (Å²) in [4.78, 5) is 46.7. The molecule has 11 nitrogen and oxygen atoms in total. The molecule has 1 saturated heterocycles. The van der Waals surface area contributed by atoms with Crippen LogP contribution in [0.1, 0.15) is 16.8 Å². The number of fused-ring (bicyclic) bond motifs is 1. The van der Waals surface area contributed by atoms with Crippen LogP contribution in [0.15, 0.2) is 55.2 Å². The van der Waals surface area contributed by atoms with Crippen LogP contribution in [-0.4, -0.2) is 91.1 Å². The third-order valence-corrected chi connectivity index (χ3v) is 5.85. The number of carboxylic acid groups (broad SMARTS) is 1. The molecule has 1 aliphatic rings. The lowest BCUT2D eigenvalue weighted by molar-refractivity contribution is -0.192. The molecule has 204 valence electrons. The molecule has 0 atom stereocenters. The molecule has 0 saturated carbocycles. The summed E-state index contributed by atoms with van der Waals surface area (Å²) in [6, 6.07) is 7.51. The van der Waals surface area contributed by atoms with Gasteiger partial charge in [0, 0.05) is 49.1 Å². The normalized spacial score (nSPS) is 14.3. The smallest absolute Gasteiger partial charge is 0.475 e. The summed E-state index contributed by atoms with van der Waals surface area (Å²) < 4.78 is 31.7. The van der Waals surface area contributed by atoms with Crippen LogP contribution in [0.4, 0.5) is 24.8 Å². The van der Waals surface area contributed by atoms with Crippen molar-refractivity contribution >= 4 is 34.4 Å². The molecule has 1 aliphatic heterocycles. The van der Waals surface area contributed by atoms with Gasteiger partial charge in [0.2, 0.25) is 0 Å². The summed E-state index contributed by atoms with van der Waals surface area (Å²) in [6.07, 6.45) is 4.41. The molecule has 1 amide bonds. The standard InChI is InChI=1S/C23H24N8O.C2HF3O2/c1-30-7-2-8-31(10-9-30)23(32)16-3-4-21(26-13-16)29-22-15-25-14-20(28-22)19-11-17-12-24-6-5-18(17)27-19;3-2(4,5)1(6)7/h3-6,11-15,27H,2,7-10H2,1H3,(H,26,28,29);(H,6,7). The summed E-state index contributed by atoms with van der Waals surface area (Å²) in [5, 5.41) is 11.3. The number of carbonyl (C=O) groups is 2. The second-order valence-corrected chi connectivity index (χ2v) is 8.74. The van der Waals surface area contributed by atoms with E-state index in [9.17, 15) is 18.0 Å². The third-order valence-electron chi connectivity index (χ3n) is 5.85. The lowest BCUT2D eigenvalue weighted by Gasteiger charge is -2.20. The topological polar surface area (TPSA) is 140 Å². The van der Waals surface area contributed by atoms with Crippen molar-refractivity contribution in [3.8, 4) is 11.4 Å². The van der Waals surface area contributed by atoms with Gasteiger partial charge in [-0.05, 0) is 44.3 Å². The molecule has 4 aromatic heterocycles. The Morgan fingerprint density at radius 3 is 2.49 bits per heavy atom. The van der Waals surface area contributed by atoms with E-state index in [1.165, 1.54) is 0 Å². The van der Waals surface area contributed by atoms with Gasteiger partial charge in [-0.3, -0.25) is 14.8 Å². The highest BCUT2D eigenvalue weighted by Gasteiger charge is 2.38. The second kappa shape index (κ2) is 11.9. The predicted octanol–water partition coefficient (Wildman–Crippen LogP) is 3.57. The summed E-state index contributed by atoms with van der Waals surface area (Å²) in [6.45, 7) is 3.41. The van der Waals surface area contributed by atoms with Crippen LogP contribution in [0.5, 0.6) is 0 Å². The number of carbonyl (C=O) groups excluding carboxylic acids is 1. The fourth-order valence-electron chi connectivity index (χ4n) is 3.82. The first-order chi connectivity index (χ1) is 18.6. The molecule has 1 fully saturated rings. The maximum atomic E-state index is 12.8. The van der Waals surface area contributed by atoms with Gasteiger partial charge in [-0.1, -0.05) is 0 Å². The number of rotatable bonds is 4. The molecular formula is C25H25F3N8O3. The number of anilines is 2. The van der Waals surface area contributed by atoms with E-state index in [-0.39, 0.29) is 5.91 Å². The molecule has 5 heterocycles. The average molecular weight is 543 g/mol. The Morgan fingerprint density at radius 1 is 1.00 bits per heavy atom. The first kappa shape index (κ1) is 27.4. The fourth-order valence-corrected chi connectivity index (χ4v) is 3.82. The van der Waals surface area contributed by atoms with Gasteiger partial charge in [-0.2, -0.15) is 13.2 Å². The van der Waals surface area contributed by atoms with Gasteiger partial charge in [0.15, 0.2) is 5.82 Å². The van der Waals surface area contributed by atoms with Crippen LogP contribution >= 0.6 is 0 Å². The van der Waals surface area contributed by atoms with E-state index < -0.39 is 12.1 Å². The number of aromatic amines is 1. The van der Waals surface area contributed by atoms with Crippen LogP contribution in [-0.2, 0) is 4.79 Å². The van der Waals surface area contributed by atoms with Gasteiger partial charge in [-0.15, -0.1) is 0 Å². The fraction of sp³-hybridized carbons (Fsp3) is 0.280. The number of carboxylic acids is 1. The van der Waals surface area contributed by atoms with Crippen molar-refractivity contribution < 1.29 is 27.9 Å². The number of aromatic nitrogens is 5. The van der Waals surface area contributed by atoms with Gasteiger partial charge in [0.1, 0.15) is 11.5 Å². The van der Waals surface area contributed by atoms with Crippen molar-refractivity contribution in [2.75, 3.05) is 38.5 Å². The number of likely N-dealkylation sites (N-methyl/N-ethyl adjacent to an activating group) is 1. The van der Waals surface area contributed by atoms with E-state index >= 15 is 0 Å². The quantitative estimate of drug-likeness (QED) is 0.353. The van der Waals surface area contributed by atoms with Gasteiger partial charge in [0.25, 0.3) is 5.91 Å². The van der Waals surface area contributed by atoms with Crippen molar-refractivity contribution in [3.63, 3.8) is 0 Å². The minimum Gasteiger partial charge on any atom is -0.475 e. The Bertz CT molecular complexity index is 1410. The number of pyridine rings is 2. The van der Waals surface area contributed by atoms with Crippen molar-refractivity contribution in [2.24, 2.45) is 0 Å². The van der Waals surface area contributed by atoms with Crippen LogP contribution < -0.4 is 5.32 Å². The lowest BCUT2D eigenvalue weighted by Crippen LogP contribution is -2.34. The first-order valence-corrected chi connectivity index (χ1v) is 11.9. The number of halogens is 3. The molecule has 39 heavy (non-hydrogen) atoms. The number of amides is 1. The third kappa shape index (κ3) is 7.25. The van der Waals surface area contributed by atoms with E-state index in [1.807, 2.05) is 23.2 Å². The summed E-state index contributed by atoms with van der Waals surface area (Å²) in [5.41, 5.74) is 3.16. The number of aliphatic carboxylic acids is 1. The maximum absolute atomic E-state index is 12.8. The number of nitrogens with zero attached hydrogens (tertiary/aromatic N) is 6. The van der Waals surface area contributed by atoms with Crippen molar-refractivity contribution in [1.82, 2.24) is 34.7 Å². The minimum absolute atomic E-state index is 0.0226. The minimum atomic E-state index is -5.08. The Labute approximate surface area is 220 Å². The van der Waals surface area contributed by atoms with Gasteiger partial charge >= 0.3 is 12.1 Å². The zero-order valence-electron chi connectivity index (χ0n) is 20.8. The summed E-state index contributed by atoms with van der Waals surface area (Å²) in [5.74, 6) is -1.56. The largest absolute Gasteiger partial charge is 0.490 e. The van der Waals surface area contributed by atoms with E-state index in [1.54, 1.807) is 36.9 Å².